The highest BCUT2D eigenvalue weighted by molar-refractivity contribution is 7.60. The molecule has 3 rings (SSSR count). The van der Waals surface area contributed by atoms with Crippen LogP contribution in [0.1, 0.15) is 38.5 Å². The van der Waals surface area contributed by atoms with E-state index < -0.39 is 0 Å². The van der Waals surface area contributed by atoms with Crippen LogP contribution >= 0.6 is 7.92 Å². The number of hydrogen-bond acceptors (Lipinski definition) is 3. The molecule has 0 aromatic heterocycles. The zero-order chi connectivity index (χ0) is 12.9. The first-order valence-corrected chi connectivity index (χ1v) is 9.89. The van der Waals surface area contributed by atoms with Crippen LogP contribution < -0.4 is 16.0 Å². The van der Waals surface area contributed by atoms with Gasteiger partial charge in [0.05, 0.1) is 0 Å². The summed E-state index contributed by atoms with van der Waals surface area (Å²) in [7, 11) is 0.197. The Morgan fingerprint density at radius 3 is 1.21 bits per heavy atom. The van der Waals surface area contributed by atoms with Crippen LogP contribution in [0, 0.1) is 0 Å². The zero-order valence-corrected chi connectivity index (χ0v) is 13.1. The maximum absolute atomic E-state index is 3.67. The molecule has 0 radical (unpaired) electrons. The summed E-state index contributed by atoms with van der Waals surface area (Å²) < 4.78 is 0. The molecule has 3 heterocycles. The largest absolute Gasteiger partial charge is 0.316 e. The Bertz CT molecular complexity index is 213. The number of hydrogen-bond donors (Lipinski definition) is 3. The van der Waals surface area contributed by atoms with E-state index in [9.17, 15) is 0 Å². The van der Waals surface area contributed by atoms with Crippen molar-refractivity contribution in [2.24, 2.45) is 0 Å². The molecule has 0 aromatic rings. The van der Waals surface area contributed by atoms with Crippen molar-refractivity contribution in [2.75, 3.05) is 39.3 Å². The second-order valence-electron chi connectivity index (χ2n) is 6.45. The molecule has 0 bridgehead atoms. The first-order chi connectivity index (χ1) is 9.45. The summed E-state index contributed by atoms with van der Waals surface area (Å²) in [6.07, 6.45) is 8.69. The third-order valence-electron chi connectivity index (χ3n) is 5.08. The highest BCUT2D eigenvalue weighted by Gasteiger charge is 2.36. The molecule has 0 spiro atoms. The highest BCUT2D eigenvalue weighted by Crippen LogP contribution is 2.56. The fourth-order valence-electron chi connectivity index (χ4n) is 4.16. The molecular formula is C15H30N3P. The summed E-state index contributed by atoms with van der Waals surface area (Å²) in [5.74, 6) is 0. The van der Waals surface area contributed by atoms with E-state index in [1.54, 1.807) is 0 Å². The van der Waals surface area contributed by atoms with Gasteiger partial charge in [-0.2, -0.15) is 0 Å². The number of rotatable bonds is 3. The molecule has 3 saturated heterocycles. The van der Waals surface area contributed by atoms with Crippen molar-refractivity contribution >= 4 is 7.92 Å². The van der Waals surface area contributed by atoms with E-state index in [0.29, 0.717) is 0 Å². The van der Waals surface area contributed by atoms with Crippen LogP contribution in [0.2, 0.25) is 0 Å². The Morgan fingerprint density at radius 1 is 0.579 bits per heavy atom. The van der Waals surface area contributed by atoms with E-state index in [4.69, 9.17) is 0 Å². The molecule has 3 atom stereocenters. The molecule has 0 aromatic carbocycles. The van der Waals surface area contributed by atoms with Gasteiger partial charge < -0.3 is 16.0 Å². The van der Waals surface area contributed by atoms with Crippen molar-refractivity contribution in [3.8, 4) is 0 Å². The Balaban J connectivity index is 1.68. The Hall–Kier alpha value is 0.310. The lowest BCUT2D eigenvalue weighted by molar-refractivity contribution is 0.478. The summed E-state index contributed by atoms with van der Waals surface area (Å²) in [5, 5.41) is 11.0. The summed E-state index contributed by atoms with van der Waals surface area (Å²) in [5.41, 5.74) is 3.00. The third kappa shape index (κ3) is 3.69. The molecular weight excluding hydrogens is 253 g/mol. The molecule has 0 amide bonds. The van der Waals surface area contributed by atoms with Crippen LogP contribution in [-0.4, -0.2) is 56.2 Å². The minimum atomic E-state index is 0.197. The maximum atomic E-state index is 3.67. The predicted octanol–water partition coefficient (Wildman–Crippen LogP) is 1.72. The van der Waals surface area contributed by atoms with E-state index in [0.717, 1.165) is 17.0 Å². The average molecular weight is 283 g/mol. The molecule has 3 nitrogen and oxygen atoms in total. The predicted molar refractivity (Wildman–Crippen MR) is 84.6 cm³/mol. The Morgan fingerprint density at radius 2 is 0.947 bits per heavy atom. The minimum absolute atomic E-state index is 0.197. The van der Waals surface area contributed by atoms with Crippen LogP contribution in [0.5, 0.6) is 0 Å². The van der Waals surface area contributed by atoms with Crippen molar-refractivity contribution in [3.05, 3.63) is 0 Å². The standard InChI is InChI=1S/C15H30N3P/c1-4-13(10-16-7-1)19(14-5-2-8-17-11-14)15-6-3-9-18-12-15/h13-18H,1-12H2. The van der Waals surface area contributed by atoms with Gasteiger partial charge in [-0.3, -0.25) is 0 Å². The molecule has 19 heavy (non-hydrogen) atoms. The fourth-order valence-corrected chi connectivity index (χ4v) is 8.41. The second kappa shape index (κ2) is 7.36. The summed E-state index contributed by atoms with van der Waals surface area (Å²) in [6, 6.07) is 0. The van der Waals surface area contributed by atoms with Crippen LogP contribution in [0.3, 0.4) is 0 Å². The summed E-state index contributed by atoms with van der Waals surface area (Å²) >= 11 is 0. The first-order valence-electron chi connectivity index (χ1n) is 8.35. The van der Waals surface area contributed by atoms with Crippen LogP contribution in [-0.2, 0) is 0 Å². The molecule has 110 valence electrons. The van der Waals surface area contributed by atoms with Crippen molar-refractivity contribution in [2.45, 2.75) is 55.5 Å². The van der Waals surface area contributed by atoms with Gasteiger partial charge in [0.15, 0.2) is 0 Å². The van der Waals surface area contributed by atoms with E-state index in [-0.39, 0.29) is 7.92 Å². The van der Waals surface area contributed by atoms with E-state index >= 15 is 0 Å². The lowest BCUT2D eigenvalue weighted by Crippen LogP contribution is -2.44. The molecule has 3 unspecified atom stereocenters. The topological polar surface area (TPSA) is 36.1 Å². The summed E-state index contributed by atoms with van der Waals surface area (Å²) in [6.45, 7) is 7.68. The second-order valence-corrected chi connectivity index (χ2v) is 9.53. The molecule has 3 aliphatic heterocycles. The quantitative estimate of drug-likeness (QED) is 0.690. The van der Waals surface area contributed by atoms with E-state index in [1.807, 2.05) is 0 Å². The van der Waals surface area contributed by atoms with Gasteiger partial charge in [0.2, 0.25) is 0 Å². The Labute approximate surface area is 119 Å². The number of piperidine rings is 3. The molecule has 3 fully saturated rings. The molecule has 3 N–H and O–H groups in total. The molecule has 0 saturated carbocycles. The van der Waals surface area contributed by atoms with Gasteiger partial charge in [0, 0.05) is 19.6 Å². The molecule has 0 aliphatic carbocycles. The minimum Gasteiger partial charge on any atom is -0.316 e. The van der Waals surface area contributed by atoms with Crippen molar-refractivity contribution < 1.29 is 0 Å². The van der Waals surface area contributed by atoms with E-state index in [2.05, 4.69) is 16.0 Å². The number of nitrogens with one attached hydrogen (secondary N) is 3. The zero-order valence-electron chi connectivity index (χ0n) is 12.2. The Kier molecular flexibility index (Phi) is 5.52. The van der Waals surface area contributed by atoms with Crippen LogP contribution in [0.25, 0.3) is 0 Å². The normalized spacial score (nSPS) is 38.8. The third-order valence-corrected chi connectivity index (χ3v) is 8.93. The van der Waals surface area contributed by atoms with Gasteiger partial charge in [-0.15, -0.1) is 0 Å². The van der Waals surface area contributed by atoms with Gasteiger partial charge >= 0.3 is 0 Å². The molecule has 3 aliphatic rings. The highest BCUT2D eigenvalue weighted by atomic mass is 31.1. The van der Waals surface area contributed by atoms with Crippen LogP contribution in [0.4, 0.5) is 0 Å². The van der Waals surface area contributed by atoms with Gasteiger partial charge in [0.25, 0.3) is 0 Å². The smallest absolute Gasteiger partial charge is 0.00191 e. The maximum Gasteiger partial charge on any atom is 0.00191 e. The van der Waals surface area contributed by atoms with Gasteiger partial charge in [-0.1, -0.05) is 7.92 Å². The lowest BCUT2D eigenvalue weighted by Gasteiger charge is -2.44. The summed E-state index contributed by atoms with van der Waals surface area (Å²) in [4.78, 5) is 0. The molecule has 4 heteroatoms. The average Bonchev–Trinajstić information content (AvgIpc) is 2.51. The monoisotopic (exact) mass is 283 g/mol. The SMILES string of the molecule is C1CNCC(P(C2CCCNC2)C2CCCNC2)C1. The fraction of sp³-hybridized carbons (Fsp3) is 1.00. The van der Waals surface area contributed by atoms with Gasteiger partial charge in [0.1, 0.15) is 0 Å². The van der Waals surface area contributed by atoms with Crippen molar-refractivity contribution in [1.82, 2.24) is 16.0 Å². The van der Waals surface area contributed by atoms with Gasteiger partial charge in [-0.25, -0.2) is 0 Å². The lowest BCUT2D eigenvalue weighted by atomic mass is 10.1. The van der Waals surface area contributed by atoms with Crippen molar-refractivity contribution in [1.29, 1.82) is 0 Å². The first kappa shape index (κ1) is 14.3. The van der Waals surface area contributed by atoms with Crippen LogP contribution in [0.15, 0.2) is 0 Å². The van der Waals surface area contributed by atoms with Gasteiger partial charge in [-0.05, 0) is 75.1 Å². The van der Waals surface area contributed by atoms with Crippen molar-refractivity contribution in [3.63, 3.8) is 0 Å². The van der Waals surface area contributed by atoms with E-state index in [1.165, 1.54) is 77.8 Å².